The molecule has 0 saturated carbocycles. The zero-order valence-electron chi connectivity index (χ0n) is 9.87. The highest BCUT2D eigenvalue weighted by Crippen LogP contribution is 2.28. The molecule has 2 rings (SSSR count). The van der Waals surface area contributed by atoms with Gasteiger partial charge in [0.2, 0.25) is 5.91 Å². The minimum Gasteiger partial charge on any atom is -0.379 e. The van der Waals surface area contributed by atoms with E-state index in [0.717, 1.165) is 12.1 Å². The molecule has 1 aromatic carbocycles. The van der Waals surface area contributed by atoms with Crippen LogP contribution in [-0.4, -0.2) is 25.2 Å². The molecular weight excluding hydrogens is 242 g/mol. The van der Waals surface area contributed by atoms with Crippen molar-refractivity contribution in [2.75, 3.05) is 18.5 Å². The summed E-state index contributed by atoms with van der Waals surface area (Å²) < 4.78 is 30.9. The van der Waals surface area contributed by atoms with Crippen molar-refractivity contribution in [2.45, 2.75) is 13.0 Å². The van der Waals surface area contributed by atoms with Crippen LogP contribution in [0.5, 0.6) is 0 Å². The molecule has 2 atom stereocenters. The van der Waals surface area contributed by atoms with Crippen molar-refractivity contribution in [3.05, 3.63) is 29.8 Å². The molecule has 0 aromatic heterocycles. The quantitative estimate of drug-likeness (QED) is 0.837. The molecule has 1 aromatic rings. The number of carbonyl (C=O) groups is 1. The second-order valence-corrected chi connectivity index (χ2v) is 4.62. The predicted octanol–water partition coefficient (Wildman–Crippen LogP) is 1.27. The zero-order valence-corrected chi connectivity index (χ0v) is 9.87. The number of carbonyl (C=O) groups excluding carboxylic acids is 1. The van der Waals surface area contributed by atoms with Crippen molar-refractivity contribution < 1.29 is 18.3 Å². The number of halogens is 2. The summed E-state index contributed by atoms with van der Waals surface area (Å²) in [5, 5.41) is 2.52. The zero-order chi connectivity index (χ0) is 13.3. The number of anilines is 1. The normalized spacial score (nSPS) is 27.2. The summed E-state index contributed by atoms with van der Waals surface area (Å²) >= 11 is 0. The van der Waals surface area contributed by atoms with Crippen LogP contribution in [0.1, 0.15) is 6.92 Å². The summed E-state index contributed by atoms with van der Waals surface area (Å²) in [6.07, 6.45) is 0. The van der Waals surface area contributed by atoms with Crippen molar-refractivity contribution in [3.63, 3.8) is 0 Å². The van der Waals surface area contributed by atoms with Crippen LogP contribution in [0.25, 0.3) is 0 Å². The van der Waals surface area contributed by atoms with Crippen LogP contribution in [-0.2, 0) is 9.53 Å². The van der Waals surface area contributed by atoms with E-state index in [9.17, 15) is 13.6 Å². The van der Waals surface area contributed by atoms with Gasteiger partial charge < -0.3 is 15.8 Å². The molecular formula is C12H14F2N2O2. The number of ether oxygens (including phenoxy) is 1. The SMILES string of the molecule is CC1(C(=O)Nc2ccc(F)c(F)c2)COCC1N. The molecule has 6 heteroatoms. The highest BCUT2D eigenvalue weighted by molar-refractivity contribution is 5.96. The maximum absolute atomic E-state index is 13.0. The van der Waals surface area contributed by atoms with Crippen LogP contribution in [0, 0.1) is 17.0 Å². The highest BCUT2D eigenvalue weighted by Gasteiger charge is 2.44. The van der Waals surface area contributed by atoms with E-state index >= 15 is 0 Å². The second kappa shape index (κ2) is 4.62. The van der Waals surface area contributed by atoms with Gasteiger partial charge >= 0.3 is 0 Å². The summed E-state index contributed by atoms with van der Waals surface area (Å²) in [6.45, 7) is 2.20. The Morgan fingerprint density at radius 3 is 2.78 bits per heavy atom. The number of nitrogens with one attached hydrogen (secondary N) is 1. The van der Waals surface area contributed by atoms with Crippen LogP contribution in [0.2, 0.25) is 0 Å². The first-order valence-electron chi connectivity index (χ1n) is 5.53. The van der Waals surface area contributed by atoms with Crippen LogP contribution in [0.3, 0.4) is 0 Å². The van der Waals surface area contributed by atoms with Gasteiger partial charge in [-0.3, -0.25) is 4.79 Å². The van der Waals surface area contributed by atoms with Gasteiger partial charge in [-0.25, -0.2) is 8.78 Å². The number of hydrogen-bond donors (Lipinski definition) is 2. The van der Waals surface area contributed by atoms with Gasteiger partial charge in [-0.1, -0.05) is 0 Å². The molecule has 1 saturated heterocycles. The van der Waals surface area contributed by atoms with Gasteiger partial charge in [0, 0.05) is 17.8 Å². The monoisotopic (exact) mass is 256 g/mol. The molecule has 3 N–H and O–H groups in total. The molecule has 0 bridgehead atoms. The number of nitrogens with two attached hydrogens (primary N) is 1. The summed E-state index contributed by atoms with van der Waals surface area (Å²) in [5.74, 6) is -2.33. The molecule has 0 aliphatic carbocycles. The van der Waals surface area contributed by atoms with Crippen molar-refractivity contribution >= 4 is 11.6 Å². The lowest BCUT2D eigenvalue weighted by Gasteiger charge is -2.25. The fourth-order valence-electron chi connectivity index (χ4n) is 1.77. The molecule has 1 fully saturated rings. The van der Waals surface area contributed by atoms with E-state index in [4.69, 9.17) is 10.5 Å². The first-order valence-corrected chi connectivity index (χ1v) is 5.53. The van der Waals surface area contributed by atoms with Crippen LogP contribution in [0.15, 0.2) is 18.2 Å². The van der Waals surface area contributed by atoms with E-state index in [0.29, 0.717) is 6.61 Å². The summed E-state index contributed by atoms with van der Waals surface area (Å²) in [4.78, 5) is 12.1. The third kappa shape index (κ3) is 2.21. The smallest absolute Gasteiger partial charge is 0.234 e. The van der Waals surface area contributed by atoms with E-state index in [2.05, 4.69) is 5.32 Å². The van der Waals surface area contributed by atoms with Gasteiger partial charge in [0.15, 0.2) is 11.6 Å². The molecule has 98 valence electrons. The molecule has 0 radical (unpaired) electrons. The molecule has 1 aliphatic heterocycles. The van der Waals surface area contributed by atoms with E-state index in [1.807, 2.05) is 0 Å². The lowest BCUT2D eigenvalue weighted by molar-refractivity contribution is -0.125. The largest absolute Gasteiger partial charge is 0.379 e. The molecule has 1 aliphatic rings. The average molecular weight is 256 g/mol. The molecule has 1 heterocycles. The minimum atomic E-state index is -1.01. The van der Waals surface area contributed by atoms with Gasteiger partial charge in [0.1, 0.15) is 0 Å². The Hall–Kier alpha value is -1.53. The van der Waals surface area contributed by atoms with E-state index in [-0.39, 0.29) is 18.2 Å². The van der Waals surface area contributed by atoms with E-state index < -0.39 is 23.1 Å². The Balaban J connectivity index is 2.14. The van der Waals surface area contributed by atoms with E-state index in [1.54, 1.807) is 6.92 Å². The van der Waals surface area contributed by atoms with Crippen molar-refractivity contribution in [3.8, 4) is 0 Å². The Labute approximate surface area is 103 Å². The maximum atomic E-state index is 13.0. The predicted molar refractivity (Wildman–Crippen MR) is 61.9 cm³/mol. The Bertz CT molecular complexity index is 481. The molecule has 0 spiro atoms. The van der Waals surface area contributed by atoms with Crippen molar-refractivity contribution in [2.24, 2.45) is 11.1 Å². The fraction of sp³-hybridized carbons (Fsp3) is 0.417. The van der Waals surface area contributed by atoms with Crippen LogP contribution < -0.4 is 11.1 Å². The fourth-order valence-corrected chi connectivity index (χ4v) is 1.77. The lowest BCUT2D eigenvalue weighted by Crippen LogP contribution is -2.47. The van der Waals surface area contributed by atoms with Gasteiger partial charge in [-0.05, 0) is 19.1 Å². The van der Waals surface area contributed by atoms with E-state index in [1.165, 1.54) is 6.07 Å². The first kappa shape index (κ1) is 12.9. The van der Waals surface area contributed by atoms with Crippen molar-refractivity contribution in [1.82, 2.24) is 0 Å². The van der Waals surface area contributed by atoms with Gasteiger partial charge in [0.25, 0.3) is 0 Å². The third-order valence-electron chi connectivity index (χ3n) is 3.21. The summed E-state index contributed by atoms with van der Waals surface area (Å²) in [5.41, 5.74) is 5.14. The minimum absolute atomic E-state index is 0.194. The topological polar surface area (TPSA) is 64.3 Å². The third-order valence-corrected chi connectivity index (χ3v) is 3.21. The van der Waals surface area contributed by atoms with Crippen LogP contribution >= 0.6 is 0 Å². The van der Waals surface area contributed by atoms with Crippen LogP contribution in [0.4, 0.5) is 14.5 Å². The maximum Gasteiger partial charge on any atom is 0.234 e. The standard InChI is InChI=1S/C12H14F2N2O2/c1-12(6-18-5-10(12)15)11(17)16-7-2-3-8(13)9(14)4-7/h2-4,10H,5-6,15H2,1H3,(H,16,17). The number of benzene rings is 1. The Kier molecular flexibility index (Phi) is 3.32. The molecule has 18 heavy (non-hydrogen) atoms. The number of rotatable bonds is 2. The molecule has 1 amide bonds. The number of amides is 1. The Morgan fingerprint density at radius 2 is 2.22 bits per heavy atom. The summed E-state index contributed by atoms with van der Waals surface area (Å²) in [7, 11) is 0. The van der Waals surface area contributed by atoms with Gasteiger partial charge in [-0.15, -0.1) is 0 Å². The average Bonchev–Trinajstić information content (AvgIpc) is 2.66. The summed E-state index contributed by atoms with van der Waals surface area (Å²) in [6, 6.07) is 2.76. The molecule has 2 unspecified atom stereocenters. The number of hydrogen-bond acceptors (Lipinski definition) is 3. The van der Waals surface area contributed by atoms with Crippen molar-refractivity contribution in [1.29, 1.82) is 0 Å². The van der Waals surface area contributed by atoms with Gasteiger partial charge in [-0.2, -0.15) is 0 Å². The highest BCUT2D eigenvalue weighted by atomic mass is 19.2. The molecule has 4 nitrogen and oxygen atoms in total. The lowest BCUT2D eigenvalue weighted by atomic mass is 9.85. The second-order valence-electron chi connectivity index (χ2n) is 4.62. The Morgan fingerprint density at radius 1 is 1.50 bits per heavy atom. The first-order chi connectivity index (χ1) is 8.43. The van der Waals surface area contributed by atoms with Gasteiger partial charge in [0.05, 0.1) is 18.6 Å².